The van der Waals surface area contributed by atoms with Crippen LogP contribution in [-0.4, -0.2) is 18.1 Å². The zero-order valence-electron chi connectivity index (χ0n) is 12.6. The maximum absolute atomic E-state index is 5.32. The molecule has 0 aliphatic rings. The molecule has 0 saturated heterocycles. The second-order valence-electron chi connectivity index (χ2n) is 3.02. The van der Waals surface area contributed by atoms with Gasteiger partial charge >= 0.3 is 0 Å². The molecule has 0 spiro atoms. The minimum atomic E-state index is -1.46. The van der Waals surface area contributed by atoms with Crippen molar-refractivity contribution in [2.45, 2.75) is 13.1 Å². The van der Waals surface area contributed by atoms with E-state index in [-0.39, 0.29) is 50.8 Å². The van der Waals surface area contributed by atoms with E-state index in [1.165, 1.54) is 0 Å². The van der Waals surface area contributed by atoms with Crippen molar-refractivity contribution in [1.82, 2.24) is 0 Å². The summed E-state index contributed by atoms with van der Waals surface area (Å²) in [5, 5.41) is 0. The molecule has 0 saturated carbocycles. The summed E-state index contributed by atoms with van der Waals surface area (Å²) in [4.78, 5) is 0. The van der Waals surface area contributed by atoms with Gasteiger partial charge in [-0.15, -0.1) is 6.58 Å². The minimum Gasteiger partial charge on any atom is -0.486 e. The van der Waals surface area contributed by atoms with Gasteiger partial charge in [-0.05, 0) is 13.1 Å². The van der Waals surface area contributed by atoms with E-state index < -0.39 is 8.32 Å². The number of rotatable bonds is 3. The molecule has 0 unspecified atom stereocenters. The predicted octanol–water partition coefficient (Wildman–Crippen LogP) is 4.55. The molecule has 1 nitrogen and oxygen atoms in total. The Kier molecular flexibility index (Phi) is 44.9. The minimum absolute atomic E-state index is 0. The van der Waals surface area contributed by atoms with Crippen LogP contribution in [-0.2, 0) is 25.2 Å². The fraction of sp³-hybridized carbons (Fsp3) is 0.143. The Labute approximate surface area is 135 Å². The van der Waals surface area contributed by atoms with Gasteiger partial charge in [0, 0.05) is 30.8 Å². The van der Waals surface area contributed by atoms with E-state index >= 15 is 0 Å². The van der Waals surface area contributed by atoms with Crippen LogP contribution < -0.4 is 0 Å². The van der Waals surface area contributed by atoms with Crippen LogP contribution in [0.2, 0.25) is 13.1 Å². The van der Waals surface area contributed by atoms with Gasteiger partial charge in [-0.25, -0.2) is 12.1 Å². The first kappa shape index (κ1) is 36.2. The Morgan fingerprint density at radius 3 is 1.67 bits per heavy atom. The first-order valence-corrected chi connectivity index (χ1v) is 8.23. The van der Waals surface area contributed by atoms with Gasteiger partial charge < -0.3 is 40.4 Å². The van der Waals surface area contributed by atoms with Crippen molar-refractivity contribution >= 4 is 18.1 Å². The van der Waals surface area contributed by atoms with Crippen LogP contribution in [0.15, 0.2) is 42.6 Å². The molecule has 0 amide bonds. The quantitative estimate of drug-likeness (QED) is 0.472. The first-order valence-electron chi connectivity index (χ1n) is 4.13. The maximum atomic E-state index is 5.32. The van der Waals surface area contributed by atoms with Crippen LogP contribution >= 0.6 is 0 Å². The molecule has 1 rings (SSSR count). The molecule has 0 heterocycles. The van der Waals surface area contributed by atoms with E-state index in [1.807, 2.05) is 36.0 Å². The zero-order valence-corrected chi connectivity index (χ0v) is 16.9. The normalized spacial score (nSPS) is 7.28. The molecular formula is C14H28OPtSi2-6. The monoisotopic (exact) mass is 463 g/mol. The maximum Gasteiger partial charge on any atom is 0.195 e. The van der Waals surface area contributed by atoms with Crippen LogP contribution in [0, 0.1) is 36.3 Å². The molecule has 0 N–H and O–H groups in total. The van der Waals surface area contributed by atoms with Crippen molar-refractivity contribution in [1.29, 1.82) is 0 Å². The SMILES string of the molecule is C=C[Si](C)(C)O[Si][CH2-].[CH3-].[CH3-].[CH3-].[CH3-].[Pt].c1cc[cH-]c1. The third kappa shape index (κ3) is 25.1. The molecule has 0 aromatic heterocycles. The summed E-state index contributed by atoms with van der Waals surface area (Å²) in [5.74, 6) is 0. The van der Waals surface area contributed by atoms with Crippen LogP contribution in [0.1, 0.15) is 0 Å². The zero-order chi connectivity index (χ0) is 10.2. The van der Waals surface area contributed by atoms with Crippen molar-refractivity contribution in [3.8, 4) is 0 Å². The van der Waals surface area contributed by atoms with E-state index in [0.29, 0.717) is 9.76 Å². The van der Waals surface area contributed by atoms with Gasteiger partial charge in [0.1, 0.15) is 0 Å². The Balaban J connectivity index is -0.0000000325. The average Bonchev–Trinajstić information content (AvgIpc) is 2.61. The van der Waals surface area contributed by atoms with Gasteiger partial charge in [-0.3, -0.25) is 0 Å². The molecular weight excluding hydrogens is 435 g/mol. The molecule has 2 radical (unpaired) electrons. The Hall–Kier alpha value is 0.172. The average molecular weight is 464 g/mol. The van der Waals surface area contributed by atoms with Gasteiger partial charge in [0.25, 0.3) is 0 Å². The van der Waals surface area contributed by atoms with Crippen molar-refractivity contribution < 1.29 is 25.2 Å². The Bertz CT molecular complexity index is 194. The summed E-state index contributed by atoms with van der Waals surface area (Å²) in [5.41, 5.74) is 1.91. The smallest absolute Gasteiger partial charge is 0.195 e. The summed E-state index contributed by atoms with van der Waals surface area (Å²) in [6, 6.07) is 10.0. The van der Waals surface area contributed by atoms with E-state index in [2.05, 4.69) is 26.2 Å². The summed E-state index contributed by atoms with van der Waals surface area (Å²) in [7, 11) is -1.11. The molecule has 1 aromatic rings. The number of hydrogen-bond acceptors (Lipinski definition) is 1. The topological polar surface area (TPSA) is 9.23 Å². The number of hydrogen-bond donors (Lipinski definition) is 0. The Morgan fingerprint density at radius 1 is 1.17 bits per heavy atom. The molecule has 18 heavy (non-hydrogen) atoms. The van der Waals surface area contributed by atoms with E-state index in [1.54, 1.807) is 0 Å². The van der Waals surface area contributed by atoms with Crippen molar-refractivity contribution in [3.05, 3.63) is 78.9 Å². The molecule has 114 valence electrons. The molecule has 0 fully saturated rings. The van der Waals surface area contributed by atoms with Gasteiger partial charge in [0.2, 0.25) is 0 Å². The fourth-order valence-corrected chi connectivity index (χ4v) is 2.37. The molecule has 0 atom stereocenters. The van der Waals surface area contributed by atoms with Gasteiger partial charge in [0.15, 0.2) is 8.32 Å². The predicted molar refractivity (Wildman–Crippen MR) is 87.6 cm³/mol. The van der Waals surface area contributed by atoms with Crippen LogP contribution in [0.3, 0.4) is 0 Å². The van der Waals surface area contributed by atoms with Crippen LogP contribution in [0.5, 0.6) is 0 Å². The summed E-state index contributed by atoms with van der Waals surface area (Å²) in [6.45, 7) is 11.5. The molecule has 4 heteroatoms. The van der Waals surface area contributed by atoms with E-state index in [4.69, 9.17) is 4.12 Å². The molecule has 0 aliphatic carbocycles. The second kappa shape index (κ2) is 22.4. The molecule has 0 aliphatic heterocycles. The third-order valence-corrected chi connectivity index (χ3v) is 5.05. The van der Waals surface area contributed by atoms with Gasteiger partial charge in [0.05, 0.1) is 0 Å². The summed E-state index contributed by atoms with van der Waals surface area (Å²) < 4.78 is 5.32. The molecule has 0 bridgehead atoms. The summed E-state index contributed by atoms with van der Waals surface area (Å²) >= 11 is 0. The van der Waals surface area contributed by atoms with Crippen molar-refractivity contribution in [3.63, 3.8) is 0 Å². The van der Waals surface area contributed by atoms with Crippen LogP contribution in [0.25, 0.3) is 0 Å². The van der Waals surface area contributed by atoms with E-state index in [9.17, 15) is 0 Å². The first-order chi connectivity index (χ1) is 6.12. The van der Waals surface area contributed by atoms with Gasteiger partial charge in [-0.2, -0.15) is 18.2 Å². The second-order valence-corrected chi connectivity index (χ2v) is 7.74. The van der Waals surface area contributed by atoms with Gasteiger partial charge in [-0.1, -0.05) is 5.70 Å². The third-order valence-electron chi connectivity index (χ3n) is 1.38. The summed E-state index contributed by atoms with van der Waals surface area (Å²) in [6.07, 6.45) is 0. The van der Waals surface area contributed by atoms with Crippen molar-refractivity contribution in [2.24, 2.45) is 0 Å². The standard InChI is InChI=1S/C5H11OSi2.C5H5.4CH3.Pt/c1-5-8(3,4)6-7-2;1-2-4-5-3-1;;;;;/h5H,1-2H2,3-4H3;1-5H;4*1H3;/q6*-1;. The van der Waals surface area contributed by atoms with E-state index in [0.717, 1.165) is 0 Å². The van der Waals surface area contributed by atoms with Crippen molar-refractivity contribution in [2.75, 3.05) is 0 Å². The van der Waals surface area contributed by atoms with Crippen LogP contribution in [0.4, 0.5) is 0 Å². The Morgan fingerprint density at radius 2 is 1.56 bits per heavy atom. The largest absolute Gasteiger partial charge is 0.486 e. The fourth-order valence-electron chi connectivity index (χ4n) is 0.548. The molecule has 1 aromatic carbocycles.